The second-order valence-corrected chi connectivity index (χ2v) is 6.36. The van der Waals surface area contributed by atoms with Gasteiger partial charge in [0.2, 0.25) is 0 Å². The maximum atomic E-state index is 11.3. The van der Waals surface area contributed by atoms with Gasteiger partial charge in [-0.25, -0.2) is 4.98 Å². The Morgan fingerprint density at radius 1 is 1.29 bits per heavy atom. The zero-order valence-electron chi connectivity index (χ0n) is 11.6. The lowest BCUT2D eigenvalue weighted by atomic mass is 9.99. The molecule has 0 unspecified atom stereocenters. The summed E-state index contributed by atoms with van der Waals surface area (Å²) in [4.78, 5) is 20.4. The molecule has 2 aliphatic carbocycles. The number of hydrogen-bond acceptors (Lipinski definition) is 3. The lowest BCUT2D eigenvalue weighted by Crippen LogP contribution is -2.02. The summed E-state index contributed by atoms with van der Waals surface area (Å²) >= 11 is 0. The molecule has 0 atom stereocenters. The molecule has 104 valence electrons. The predicted molar refractivity (Wildman–Crippen MR) is 79.1 cm³/mol. The van der Waals surface area contributed by atoms with Gasteiger partial charge in [0.05, 0.1) is 17.6 Å². The van der Waals surface area contributed by atoms with E-state index < -0.39 is 0 Å². The van der Waals surface area contributed by atoms with Crippen molar-refractivity contribution in [1.82, 2.24) is 9.55 Å². The minimum Gasteiger partial charge on any atom is -0.306 e. The van der Waals surface area contributed by atoms with Gasteiger partial charge in [0, 0.05) is 23.4 Å². The fourth-order valence-electron chi connectivity index (χ4n) is 3.32. The highest BCUT2D eigenvalue weighted by atomic mass is 16.1. The summed E-state index contributed by atoms with van der Waals surface area (Å²) in [6, 6.07) is 6.32. The maximum Gasteiger partial charge on any atom is 0.168 e. The van der Waals surface area contributed by atoms with Crippen molar-refractivity contribution in [3.05, 3.63) is 47.5 Å². The van der Waals surface area contributed by atoms with E-state index in [2.05, 4.69) is 34.4 Å². The molecule has 1 aromatic heterocycles. The van der Waals surface area contributed by atoms with E-state index in [0.29, 0.717) is 11.6 Å². The van der Waals surface area contributed by atoms with Crippen LogP contribution in [0, 0.1) is 0 Å². The first kappa shape index (κ1) is 11.4. The van der Waals surface area contributed by atoms with Crippen molar-refractivity contribution in [1.29, 1.82) is 0 Å². The van der Waals surface area contributed by atoms with Crippen LogP contribution in [0.25, 0.3) is 5.69 Å². The fourth-order valence-corrected chi connectivity index (χ4v) is 3.32. The average Bonchev–Trinajstić information content (AvgIpc) is 3.42. The monoisotopic (exact) mass is 277 g/mol. The molecule has 2 aromatic rings. The molecule has 1 aromatic carbocycles. The minimum atomic E-state index is -0.0712. The van der Waals surface area contributed by atoms with Crippen molar-refractivity contribution in [2.45, 2.75) is 37.1 Å². The fraction of sp³-hybridized carbons (Fsp3) is 0.353. The SMILES string of the molecule is O=CC1=NC2(CC2)c2ccc(-n3cnc(C4CC4)c3)cc21. The maximum absolute atomic E-state index is 11.3. The summed E-state index contributed by atoms with van der Waals surface area (Å²) in [6.45, 7) is 0. The van der Waals surface area contributed by atoms with Crippen LogP contribution in [0.1, 0.15) is 48.4 Å². The molecule has 0 bridgehead atoms. The molecule has 2 heterocycles. The molecular weight excluding hydrogens is 262 g/mol. The number of imidazole rings is 1. The lowest BCUT2D eigenvalue weighted by Gasteiger charge is -2.08. The van der Waals surface area contributed by atoms with Crippen LogP contribution in [0.5, 0.6) is 0 Å². The van der Waals surface area contributed by atoms with E-state index in [1.165, 1.54) is 24.1 Å². The summed E-state index contributed by atoms with van der Waals surface area (Å²) in [6.07, 6.45) is 9.51. The zero-order valence-corrected chi connectivity index (χ0v) is 11.6. The smallest absolute Gasteiger partial charge is 0.168 e. The molecule has 2 saturated carbocycles. The molecule has 1 aliphatic heterocycles. The topological polar surface area (TPSA) is 47.2 Å². The number of aliphatic imine (C=N–C) groups is 1. The Kier molecular flexibility index (Phi) is 2.01. The Balaban J connectivity index is 1.60. The van der Waals surface area contributed by atoms with Crippen LogP contribution in [-0.4, -0.2) is 21.5 Å². The summed E-state index contributed by atoms with van der Waals surface area (Å²) in [5.41, 5.74) is 4.99. The van der Waals surface area contributed by atoms with E-state index in [9.17, 15) is 4.79 Å². The van der Waals surface area contributed by atoms with Crippen molar-refractivity contribution >= 4 is 12.0 Å². The van der Waals surface area contributed by atoms with Gasteiger partial charge in [-0.3, -0.25) is 9.79 Å². The predicted octanol–water partition coefficient (Wildman–Crippen LogP) is 2.74. The largest absolute Gasteiger partial charge is 0.306 e. The first-order valence-electron chi connectivity index (χ1n) is 7.53. The Morgan fingerprint density at radius 3 is 2.86 bits per heavy atom. The van der Waals surface area contributed by atoms with Gasteiger partial charge < -0.3 is 4.57 Å². The van der Waals surface area contributed by atoms with Crippen LogP contribution in [-0.2, 0) is 10.3 Å². The number of aromatic nitrogens is 2. The first-order valence-corrected chi connectivity index (χ1v) is 7.53. The van der Waals surface area contributed by atoms with E-state index >= 15 is 0 Å². The molecule has 0 N–H and O–H groups in total. The Labute approximate surface area is 122 Å². The van der Waals surface area contributed by atoms with E-state index in [-0.39, 0.29) is 5.54 Å². The van der Waals surface area contributed by atoms with Crippen molar-refractivity contribution in [2.75, 3.05) is 0 Å². The quantitative estimate of drug-likeness (QED) is 0.810. The van der Waals surface area contributed by atoms with Gasteiger partial charge in [0.1, 0.15) is 5.71 Å². The number of benzene rings is 1. The number of hydrogen-bond donors (Lipinski definition) is 0. The van der Waals surface area contributed by atoms with E-state index in [1.807, 2.05) is 10.9 Å². The normalized spacial score (nSPS) is 21.2. The molecule has 4 heteroatoms. The molecular formula is C17H15N3O. The zero-order chi connectivity index (χ0) is 14.0. The lowest BCUT2D eigenvalue weighted by molar-refractivity contribution is -0.102. The van der Waals surface area contributed by atoms with E-state index in [0.717, 1.165) is 30.4 Å². The van der Waals surface area contributed by atoms with Gasteiger partial charge in [0.25, 0.3) is 0 Å². The van der Waals surface area contributed by atoms with Gasteiger partial charge in [-0.2, -0.15) is 0 Å². The van der Waals surface area contributed by atoms with Crippen molar-refractivity contribution in [2.24, 2.45) is 4.99 Å². The number of carbonyl (C=O) groups is 1. The molecule has 1 spiro atoms. The third-order valence-corrected chi connectivity index (χ3v) is 4.85. The summed E-state index contributed by atoms with van der Waals surface area (Å²) in [7, 11) is 0. The second kappa shape index (κ2) is 3.70. The standard InChI is InChI=1S/C17H15N3O/c21-9-16-13-7-12(3-4-14(13)17(19-16)5-6-17)20-8-15(18-10-20)11-1-2-11/h3-4,7-11H,1-2,5-6H2. The highest BCUT2D eigenvalue weighted by molar-refractivity contribution is 6.38. The third kappa shape index (κ3) is 1.59. The molecule has 0 saturated heterocycles. The Bertz CT molecular complexity index is 794. The van der Waals surface area contributed by atoms with Crippen LogP contribution in [0.15, 0.2) is 35.7 Å². The molecule has 2 fully saturated rings. The summed E-state index contributed by atoms with van der Waals surface area (Å²) in [5.74, 6) is 0.655. The van der Waals surface area contributed by atoms with Crippen molar-refractivity contribution in [3.63, 3.8) is 0 Å². The van der Waals surface area contributed by atoms with Crippen molar-refractivity contribution in [3.8, 4) is 5.69 Å². The second-order valence-electron chi connectivity index (χ2n) is 6.36. The van der Waals surface area contributed by atoms with Gasteiger partial charge in [0.15, 0.2) is 6.29 Å². The summed E-state index contributed by atoms with van der Waals surface area (Å²) in [5, 5.41) is 0. The van der Waals surface area contributed by atoms with Crippen LogP contribution in [0.2, 0.25) is 0 Å². The number of rotatable bonds is 3. The number of carbonyl (C=O) groups excluding carboxylic acids is 1. The van der Waals surface area contributed by atoms with E-state index in [1.54, 1.807) is 0 Å². The third-order valence-electron chi connectivity index (χ3n) is 4.85. The number of aldehydes is 1. The molecule has 5 rings (SSSR count). The van der Waals surface area contributed by atoms with Crippen molar-refractivity contribution < 1.29 is 4.79 Å². The molecule has 21 heavy (non-hydrogen) atoms. The molecule has 0 amide bonds. The van der Waals surface area contributed by atoms with Gasteiger partial charge in [-0.1, -0.05) is 6.07 Å². The summed E-state index contributed by atoms with van der Waals surface area (Å²) < 4.78 is 2.05. The van der Waals surface area contributed by atoms with Gasteiger partial charge >= 0.3 is 0 Å². The Hall–Kier alpha value is -2.23. The molecule has 3 aliphatic rings. The molecule has 0 radical (unpaired) electrons. The average molecular weight is 277 g/mol. The Morgan fingerprint density at radius 2 is 2.14 bits per heavy atom. The van der Waals surface area contributed by atoms with Gasteiger partial charge in [-0.05, 0) is 43.4 Å². The van der Waals surface area contributed by atoms with Crippen LogP contribution in [0.4, 0.5) is 0 Å². The highest BCUT2D eigenvalue weighted by Crippen LogP contribution is 2.54. The van der Waals surface area contributed by atoms with Gasteiger partial charge in [-0.15, -0.1) is 0 Å². The first-order chi connectivity index (χ1) is 10.3. The van der Waals surface area contributed by atoms with Crippen LogP contribution < -0.4 is 0 Å². The number of nitrogens with zero attached hydrogens (tertiary/aromatic N) is 3. The highest BCUT2D eigenvalue weighted by Gasteiger charge is 2.49. The number of fused-ring (bicyclic) bond motifs is 2. The minimum absolute atomic E-state index is 0.0712. The molecule has 4 nitrogen and oxygen atoms in total. The van der Waals surface area contributed by atoms with Crippen LogP contribution >= 0.6 is 0 Å². The van der Waals surface area contributed by atoms with E-state index in [4.69, 9.17) is 0 Å². The van der Waals surface area contributed by atoms with Crippen LogP contribution in [0.3, 0.4) is 0 Å².